The number of hydrogen-bond acceptors (Lipinski definition) is 2. The summed E-state index contributed by atoms with van der Waals surface area (Å²) in [7, 11) is 0. The topological polar surface area (TPSA) is 15.3 Å². The first kappa shape index (κ1) is 16.4. The van der Waals surface area contributed by atoms with E-state index in [4.69, 9.17) is 0 Å². The molecule has 1 aliphatic rings. The average Bonchev–Trinajstić information content (AvgIpc) is 2.14. The molecule has 0 aromatic carbocycles. The van der Waals surface area contributed by atoms with Crippen molar-refractivity contribution in [1.29, 1.82) is 0 Å². The first-order chi connectivity index (χ1) is 6.53. The minimum Gasteiger partial charge on any atom is -0.448 e. The largest absolute Gasteiger partial charge is 1.00 e. The third-order valence-corrected chi connectivity index (χ3v) is 2.67. The van der Waals surface area contributed by atoms with Gasteiger partial charge in [0.2, 0.25) is 0 Å². The van der Waals surface area contributed by atoms with Gasteiger partial charge in [-0.15, -0.1) is 0 Å². The SMILES string of the molecule is CCN(C[B-](F)(F)F)C1CCNCC1.[K+]. The molecule has 1 saturated heterocycles. The second-order valence-electron chi connectivity index (χ2n) is 3.78. The molecule has 1 N–H and O–H groups in total. The van der Waals surface area contributed by atoms with Gasteiger partial charge in [-0.05, 0) is 38.9 Å². The summed E-state index contributed by atoms with van der Waals surface area (Å²) in [5.41, 5.74) is 0. The standard InChI is InChI=1S/C8H17BF3N2.K/c1-2-14(7-9(10,11)12)8-3-5-13-6-4-8;/h8,13H,2-7H2,1H3;/q-1;+1. The van der Waals surface area contributed by atoms with E-state index >= 15 is 0 Å². The molecular weight excluding hydrogens is 231 g/mol. The van der Waals surface area contributed by atoms with Crippen LogP contribution in [0.15, 0.2) is 0 Å². The van der Waals surface area contributed by atoms with Crippen molar-refractivity contribution in [3.63, 3.8) is 0 Å². The molecule has 1 heterocycles. The van der Waals surface area contributed by atoms with Crippen molar-refractivity contribution in [2.45, 2.75) is 25.8 Å². The van der Waals surface area contributed by atoms with E-state index < -0.39 is 13.4 Å². The molecule has 1 fully saturated rings. The molecular formula is C8H17BF3KN2. The Kier molecular flexibility index (Phi) is 8.41. The zero-order valence-corrected chi connectivity index (χ0v) is 12.6. The van der Waals surface area contributed by atoms with E-state index in [0.29, 0.717) is 6.54 Å². The van der Waals surface area contributed by atoms with Crippen molar-refractivity contribution < 1.29 is 64.3 Å². The number of nitrogens with zero attached hydrogens (tertiary/aromatic N) is 1. The van der Waals surface area contributed by atoms with Crippen molar-refractivity contribution in [1.82, 2.24) is 10.2 Å². The summed E-state index contributed by atoms with van der Waals surface area (Å²) in [4.78, 5) is 1.56. The van der Waals surface area contributed by atoms with Gasteiger partial charge in [-0.3, -0.25) is 0 Å². The van der Waals surface area contributed by atoms with Gasteiger partial charge in [-0.2, -0.15) is 0 Å². The minimum atomic E-state index is -4.68. The molecule has 0 spiro atoms. The second-order valence-corrected chi connectivity index (χ2v) is 3.78. The number of halogens is 3. The van der Waals surface area contributed by atoms with Gasteiger partial charge in [0, 0.05) is 6.04 Å². The third kappa shape index (κ3) is 6.65. The van der Waals surface area contributed by atoms with Crippen LogP contribution in [0.3, 0.4) is 0 Å². The monoisotopic (exact) mass is 248 g/mol. The maximum absolute atomic E-state index is 12.3. The maximum Gasteiger partial charge on any atom is 1.00 e. The molecule has 1 aliphatic heterocycles. The van der Waals surface area contributed by atoms with E-state index in [0.717, 1.165) is 25.9 Å². The van der Waals surface area contributed by atoms with Gasteiger partial charge in [0.05, 0.1) is 0 Å². The third-order valence-electron chi connectivity index (χ3n) is 2.67. The number of nitrogens with one attached hydrogen (secondary N) is 1. The summed E-state index contributed by atoms with van der Waals surface area (Å²) in [5, 5.41) is 3.15. The molecule has 0 saturated carbocycles. The Bertz CT molecular complexity index is 174. The van der Waals surface area contributed by atoms with E-state index in [1.165, 1.54) is 0 Å². The Labute approximate surface area is 132 Å². The molecule has 0 bridgehead atoms. The van der Waals surface area contributed by atoms with Crippen LogP contribution in [0.4, 0.5) is 12.9 Å². The molecule has 0 aliphatic carbocycles. The quantitative estimate of drug-likeness (QED) is 0.606. The number of rotatable bonds is 4. The van der Waals surface area contributed by atoms with Crippen LogP contribution in [0.25, 0.3) is 0 Å². The van der Waals surface area contributed by atoms with Crippen molar-refractivity contribution >= 4 is 6.98 Å². The molecule has 1 rings (SSSR count). The Hall–Kier alpha value is 1.41. The summed E-state index contributed by atoms with van der Waals surface area (Å²) in [6.45, 7) is -0.710. The number of hydrogen-bond donors (Lipinski definition) is 1. The van der Waals surface area contributed by atoms with Gasteiger partial charge < -0.3 is 23.2 Å². The van der Waals surface area contributed by atoms with Gasteiger partial charge in [0.1, 0.15) is 0 Å². The smallest absolute Gasteiger partial charge is 0.448 e. The normalized spacial score (nSPS) is 19.0. The predicted octanol–water partition coefficient (Wildman–Crippen LogP) is -1.55. The zero-order chi connectivity index (χ0) is 10.6. The van der Waals surface area contributed by atoms with Crippen molar-refractivity contribution in [3.05, 3.63) is 0 Å². The van der Waals surface area contributed by atoms with Crippen LogP contribution < -0.4 is 56.7 Å². The summed E-state index contributed by atoms with van der Waals surface area (Å²) < 4.78 is 36.8. The maximum atomic E-state index is 12.3. The molecule has 0 radical (unpaired) electrons. The fraction of sp³-hybridized carbons (Fsp3) is 1.00. The molecule has 0 amide bonds. The molecule has 2 nitrogen and oxygen atoms in total. The first-order valence-corrected chi connectivity index (χ1v) is 5.18. The van der Waals surface area contributed by atoms with E-state index in [-0.39, 0.29) is 57.4 Å². The fourth-order valence-electron chi connectivity index (χ4n) is 1.97. The number of piperidine rings is 1. The summed E-state index contributed by atoms with van der Waals surface area (Å²) in [6.07, 6.45) is 0.959. The zero-order valence-electron chi connectivity index (χ0n) is 9.48. The van der Waals surface area contributed by atoms with Crippen LogP contribution in [0.5, 0.6) is 0 Å². The van der Waals surface area contributed by atoms with Crippen LogP contribution in [-0.2, 0) is 0 Å². The molecule has 84 valence electrons. The summed E-state index contributed by atoms with van der Waals surface area (Å²) in [5.74, 6) is 0. The first-order valence-electron chi connectivity index (χ1n) is 5.18. The van der Waals surface area contributed by atoms with Crippen LogP contribution in [0.1, 0.15) is 19.8 Å². The molecule has 0 aromatic heterocycles. The van der Waals surface area contributed by atoms with Gasteiger partial charge in [0.15, 0.2) is 0 Å². The van der Waals surface area contributed by atoms with E-state index in [1.54, 1.807) is 11.8 Å². The predicted molar refractivity (Wildman–Crippen MR) is 52.2 cm³/mol. The van der Waals surface area contributed by atoms with Crippen molar-refractivity contribution in [3.8, 4) is 0 Å². The van der Waals surface area contributed by atoms with Gasteiger partial charge in [-0.1, -0.05) is 6.92 Å². The van der Waals surface area contributed by atoms with Crippen molar-refractivity contribution in [2.24, 2.45) is 0 Å². The Morgan fingerprint density at radius 1 is 1.27 bits per heavy atom. The molecule has 7 heteroatoms. The van der Waals surface area contributed by atoms with E-state index in [1.807, 2.05) is 0 Å². The van der Waals surface area contributed by atoms with Gasteiger partial charge in [-0.25, -0.2) is 0 Å². The Balaban J connectivity index is 0.00000196. The van der Waals surface area contributed by atoms with Crippen LogP contribution in [0.2, 0.25) is 0 Å². The summed E-state index contributed by atoms with van der Waals surface area (Å²) in [6, 6.07) is 0.116. The molecule has 0 unspecified atom stereocenters. The molecule has 0 aromatic rings. The van der Waals surface area contributed by atoms with Gasteiger partial charge in [0.25, 0.3) is 0 Å². The minimum absolute atomic E-state index is 0. The average molecular weight is 248 g/mol. The van der Waals surface area contributed by atoms with Crippen LogP contribution >= 0.6 is 0 Å². The second kappa shape index (κ2) is 7.68. The van der Waals surface area contributed by atoms with E-state index in [2.05, 4.69) is 5.32 Å². The Morgan fingerprint density at radius 3 is 2.20 bits per heavy atom. The van der Waals surface area contributed by atoms with Crippen LogP contribution in [-0.4, -0.2) is 44.0 Å². The van der Waals surface area contributed by atoms with Gasteiger partial charge >= 0.3 is 58.4 Å². The Morgan fingerprint density at radius 2 is 1.80 bits per heavy atom. The van der Waals surface area contributed by atoms with E-state index in [9.17, 15) is 12.9 Å². The fourth-order valence-corrected chi connectivity index (χ4v) is 1.97. The molecule has 15 heavy (non-hydrogen) atoms. The molecule has 0 atom stereocenters. The summed E-state index contributed by atoms with van der Waals surface area (Å²) >= 11 is 0. The van der Waals surface area contributed by atoms with Crippen molar-refractivity contribution in [2.75, 3.05) is 26.1 Å². The van der Waals surface area contributed by atoms with Crippen LogP contribution in [0, 0.1) is 0 Å².